The summed E-state index contributed by atoms with van der Waals surface area (Å²) >= 11 is 0. The number of ketones is 1. The fraction of sp³-hybridized carbons (Fsp3) is 0.333. The largest absolute Gasteiger partial charge is 0.493 e. The molecular weight excluding hydrogens is 381 g/mol. The minimum atomic E-state index is -0.462. The molecule has 3 rings (SSSR count). The Bertz CT molecular complexity index is 933. The predicted molar refractivity (Wildman–Crippen MR) is 104 cm³/mol. The highest BCUT2D eigenvalue weighted by molar-refractivity contribution is 6.04. The third-order valence-electron chi connectivity index (χ3n) is 4.72. The number of methoxy groups -OCH3 is 3. The zero-order valence-electron chi connectivity index (χ0n) is 16.6. The molecule has 2 aromatic rings. The van der Waals surface area contributed by atoms with E-state index in [0.717, 1.165) is 0 Å². The molecule has 0 aromatic heterocycles. The molecule has 0 fully saturated rings. The van der Waals surface area contributed by atoms with Gasteiger partial charge in [-0.15, -0.1) is 0 Å². The molecule has 0 aliphatic heterocycles. The summed E-state index contributed by atoms with van der Waals surface area (Å²) < 4.78 is 35.3. The van der Waals surface area contributed by atoms with E-state index in [4.69, 9.17) is 18.9 Å². The molecule has 0 spiro atoms. The first-order valence-electron chi connectivity index (χ1n) is 8.97. The summed E-state index contributed by atoms with van der Waals surface area (Å²) in [4.78, 5) is 24.5. The van der Waals surface area contributed by atoms with Crippen molar-refractivity contribution < 1.29 is 32.9 Å². The molecule has 1 aliphatic rings. The SMILES string of the molecule is COc1cc(NC(=O)COc2ccc(F)c3c2C(=O)C[C@@H]3C)cc(OC)c1OC. The van der Waals surface area contributed by atoms with Crippen molar-refractivity contribution in [3.05, 3.63) is 41.2 Å². The highest BCUT2D eigenvalue weighted by Gasteiger charge is 2.32. The average molecular weight is 403 g/mol. The number of carbonyl (C=O) groups is 2. The minimum absolute atomic E-state index is 0.188. The molecule has 0 saturated carbocycles. The van der Waals surface area contributed by atoms with Gasteiger partial charge in [-0.25, -0.2) is 4.39 Å². The summed E-state index contributed by atoms with van der Waals surface area (Å²) in [5, 5.41) is 2.67. The highest BCUT2D eigenvalue weighted by Crippen LogP contribution is 2.41. The second-order valence-corrected chi connectivity index (χ2v) is 6.61. The van der Waals surface area contributed by atoms with Crippen molar-refractivity contribution in [1.29, 1.82) is 0 Å². The van der Waals surface area contributed by atoms with E-state index in [9.17, 15) is 14.0 Å². The maximum atomic E-state index is 14.1. The van der Waals surface area contributed by atoms with Crippen molar-refractivity contribution in [3.8, 4) is 23.0 Å². The van der Waals surface area contributed by atoms with Crippen LogP contribution in [0.5, 0.6) is 23.0 Å². The third kappa shape index (κ3) is 3.96. The summed E-state index contributed by atoms with van der Waals surface area (Å²) in [5.41, 5.74) is 0.984. The Morgan fingerprint density at radius 1 is 1.10 bits per heavy atom. The van der Waals surface area contributed by atoms with Gasteiger partial charge in [-0.3, -0.25) is 9.59 Å². The number of carbonyl (C=O) groups excluding carboxylic acids is 2. The van der Waals surface area contributed by atoms with Gasteiger partial charge >= 0.3 is 0 Å². The quantitative estimate of drug-likeness (QED) is 0.761. The Morgan fingerprint density at radius 3 is 2.34 bits per heavy atom. The van der Waals surface area contributed by atoms with Gasteiger partial charge in [-0.05, 0) is 18.1 Å². The molecular formula is C21H22FNO6. The van der Waals surface area contributed by atoms with Crippen LogP contribution in [0.3, 0.4) is 0 Å². The van der Waals surface area contributed by atoms with Crippen LogP contribution < -0.4 is 24.3 Å². The fourth-order valence-corrected chi connectivity index (χ4v) is 3.44. The minimum Gasteiger partial charge on any atom is -0.493 e. The lowest BCUT2D eigenvalue weighted by Crippen LogP contribution is -2.21. The Balaban J connectivity index is 1.74. The van der Waals surface area contributed by atoms with Crippen LogP contribution in [0.25, 0.3) is 0 Å². The standard InChI is InChI=1S/C21H22FNO6/c1-11-7-14(24)20-15(6-5-13(22)19(11)20)29-10-18(25)23-12-8-16(26-2)21(28-4)17(9-12)27-3/h5-6,8-9,11H,7,10H2,1-4H3,(H,23,25)/t11-/m0/s1. The van der Waals surface area contributed by atoms with Crippen LogP contribution in [0.2, 0.25) is 0 Å². The van der Waals surface area contributed by atoms with Crippen LogP contribution in [0.15, 0.2) is 24.3 Å². The number of benzene rings is 2. The molecule has 1 amide bonds. The second kappa shape index (κ2) is 8.38. The number of amides is 1. The van der Waals surface area contributed by atoms with Crippen molar-refractivity contribution in [2.75, 3.05) is 33.3 Å². The van der Waals surface area contributed by atoms with E-state index in [0.29, 0.717) is 28.5 Å². The molecule has 0 unspecified atom stereocenters. The Kier molecular flexibility index (Phi) is 5.91. The number of hydrogen-bond donors (Lipinski definition) is 1. The van der Waals surface area contributed by atoms with Gasteiger partial charge in [-0.1, -0.05) is 6.92 Å². The van der Waals surface area contributed by atoms with Crippen molar-refractivity contribution in [3.63, 3.8) is 0 Å². The number of hydrogen-bond acceptors (Lipinski definition) is 6. The first-order valence-corrected chi connectivity index (χ1v) is 8.97. The molecule has 0 saturated heterocycles. The molecule has 0 heterocycles. The molecule has 8 heteroatoms. The van der Waals surface area contributed by atoms with Crippen LogP contribution in [-0.2, 0) is 4.79 Å². The van der Waals surface area contributed by atoms with Gasteiger partial charge in [0.05, 0.1) is 26.9 Å². The third-order valence-corrected chi connectivity index (χ3v) is 4.72. The zero-order valence-corrected chi connectivity index (χ0v) is 16.6. The molecule has 29 heavy (non-hydrogen) atoms. The molecule has 1 atom stereocenters. The van der Waals surface area contributed by atoms with Gasteiger partial charge in [0.25, 0.3) is 5.91 Å². The van der Waals surface area contributed by atoms with E-state index in [2.05, 4.69) is 5.32 Å². The number of halogens is 1. The molecule has 1 N–H and O–H groups in total. The Morgan fingerprint density at radius 2 is 1.76 bits per heavy atom. The van der Waals surface area contributed by atoms with E-state index in [1.54, 1.807) is 19.1 Å². The maximum absolute atomic E-state index is 14.1. The normalized spacial score (nSPS) is 14.9. The molecule has 1 aliphatic carbocycles. The molecule has 154 valence electrons. The molecule has 2 aromatic carbocycles. The Labute approximate surface area is 167 Å². The average Bonchev–Trinajstić information content (AvgIpc) is 3.01. The number of fused-ring (bicyclic) bond motifs is 1. The maximum Gasteiger partial charge on any atom is 0.262 e. The van der Waals surface area contributed by atoms with Crippen molar-refractivity contribution in [2.24, 2.45) is 0 Å². The van der Waals surface area contributed by atoms with E-state index in [-0.39, 0.29) is 36.0 Å². The van der Waals surface area contributed by atoms with Gasteiger partial charge in [0, 0.05) is 29.8 Å². The van der Waals surface area contributed by atoms with Gasteiger partial charge in [0.2, 0.25) is 5.75 Å². The fourth-order valence-electron chi connectivity index (χ4n) is 3.44. The van der Waals surface area contributed by atoms with Crippen molar-refractivity contribution >= 4 is 17.4 Å². The van der Waals surface area contributed by atoms with E-state index < -0.39 is 11.7 Å². The number of Topliss-reactive ketones (excluding diaryl/α,β-unsaturated/α-hetero) is 1. The number of anilines is 1. The van der Waals surface area contributed by atoms with Crippen LogP contribution >= 0.6 is 0 Å². The lowest BCUT2D eigenvalue weighted by atomic mass is 10.0. The Hall–Kier alpha value is -3.29. The number of nitrogens with one attached hydrogen (secondary N) is 1. The second-order valence-electron chi connectivity index (χ2n) is 6.61. The van der Waals surface area contributed by atoms with Crippen LogP contribution in [0.4, 0.5) is 10.1 Å². The summed E-state index contributed by atoms with van der Waals surface area (Å²) in [6.07, 6.45) is 0.226. The number of rotatable bonds is 7. The van der Waals surface area contributed by atoms with Crippen LogP contribution in [-0.4, -0.2) is 39.6 Å². The van der Waals surface area contributed by atoms with Crippen molar-refractivity contribution in [2.45, 2.75) is 19.3 Å². The van der Waals surface area contributed by atoms with E-state index in [1.807, 2.05) is 0 Å². The first-order chi connectivity index (χ1) is 13.9. The van der Waals surface area contributed by atoms with Gasteiger partial charge < -0.3 is 24.3 Å². The smallest absolute Gasteiger partial charge is 0.262 e. The topological polar surface area (TPSA) is 83.1 Å². The molecule has 0 radical (unpaired) electrons. The first kappa shape index (κ1) is 20.4. The summed E-state index contributed by atoms with van der Waals surface area (Å²) in [7, 11) is 4.42. The highest BCUT2D eigenvalue weighted by atomic mass is 19.1. The van der Waals surface area contributed by atoms with Crippen LogP contribution in [0.1, 0.15) is 35.2 Å². The lowest BCUT2D eigenvalue weighted by molar-refractivity contribution is -0.118. The molecule has 0 bridgehead atoms. The van der Waals surface area contributed by atoms with Gasteiger partial charge in [0.15, 0.2) is 23.9 Å². The monoisotopic (exact) mass is 403 g/mol. The summed E-state index contributed by atoms with van der Waals surface area (Å²) in [6.45, 7) is 1.43. The number of ether oxygens (including phenoxy) is 4. The summed E-state index contributed by atoms with van der Waals surface area (Å²) in [6, 6.07) is 5.79. The molecule has 7 nitrogen and oxygen atoms in total. The summed E-state index contributed by atoms with van der Waals surface area (Å²) in [5.74, 6) is 0.0807. The van der Waals surface area contributed by atoms with Crippen LogP contribution in [0, 0.1) is 5.82 Å². The van der Waals surface area contributed by atoms with E-state index in [1.165, 1.54) is 33.5 Å². The zero-order chi connectivity index (χ0) is 21.1. The predicted octanol–water partition coefficient (Wildman–Crippen LogP) is 3.56. The lowest BCUT2D eigenvalue weighted by Gasteiger charge is -2.15. The van der Waals surface area contributed by atoms with Crippen molar-refractivity contribution in [1.82, 2.24) is 0 Å². The van der Waals surface area contributed by atoms with Gasteiger partial charge in [-0.2, -0.15) is 0 Å². The van der Waals surface area contributed by atoms with Gasteiger partial charge in [0.1, 0.15) is 11.6 Å². The van der Waals surface area contributed by atoms with E-state index >= 15 is 0 Å².